The number of aromatic hydroxyl groups is 1. The first kappa shape index (κ1) is 30.8. The highest BCUT2D eigenvalue weighted by atomic mass is 16.3. The van der Waals surface area contributed by atoms with Gasteiger partial charge in [0.2, 0.25) is 5.91 Å². The van der Waals surface area contributed by atoms with Crippen molar-refractivity contribution >= 4 is 28.9 Å². The quantitative estimate of drug-likeness (QED) is 0.388. The van der Waals surface area contributed by atoms with Crippen LogP contribution in [0.2, 0.25) is 0 Å². The van der Waals surface area contributed by atoms with Crippen LogP contribution in [0.3, 0.4) is 0 Å². The third-order valence-corrected chi connectivity index (χ3v) is 9.79. The second kappa shape index (κ2) is 10.2. The molecule has 0 saturated heterocycles. The summed E-state index contributed by atoms with van der Waals surface area (Å²) in [5, 5.41) is 34.5. The summed E-state index contributed by atoms with van der Waals surface area (Å²) in [6.45, 7) is 5.75. The number of aliphatic hydroxyl groups excluding tert-OH is 1. The molecule has 3 aliphatic carbocycles. The van der Waals surface area contributed by atoms with Gasteiger partial charge in [0.15, 0.2) is 23.0 Å². The van der Waals surface area contributed by atoms with Gasteiger partial charge in [0, 0.05) is 37.3 Å². The summed E-state index contributed by atoms with van der Waals surface area (Å²) in [5.41, 5.74) is 5.98. The van der Waals surface area contributed by atoms with E-state index in [0.717, 1.165) is 16.8 Å². The highest BCUT2D eigenvalue weighted by Crippen LogP contribution is 2.53. The number of fused-ring (bicyclic) bond motifs is 3. The van der Waals surface area contributed by atoms with Gasteiger partial charge in [-0.25, -0.2) is 0 Å². The van der Waals surface area contributed by atoms with Crippen molar-refractivity contribution < 1.29 is 34.5 Å². The number of benzene rings is 2. The summed E-state index contributed by atoms with van der Waals surface area (Å²) >= 11 is 0. The van der Waals surface area contributed by atoms with E-state index in [-0.39, 0.29) is 24.2 Å². The molecule has 0 bridgehead atoms. The summed E-state index contributed by atoms with van der Waals surface area (Å²) in [6, 6.07) is 8.80. The highest BCUT2D eigenvalue weighted by molar-refractivity contribution is 6.25. The van der Waals surface area contributed by atoms with Crippen molar-refractivity contribution in [3.05, 3.63) is 47.0 Å². The van der Waals surface area contributed by atoms with Gasteiger partial charge in [-0.2, -0.15) is 0 Å². The maximum absolute atomic E-state index is 14.3. The topological polar surface area (TPSA) is 161 Å². The number of amides is 1. The van der Waals surface area contributed by atoms with Crippen LogP contribution in [-0.2, 0) is 26.2 Å². The van der Waals surface area contributed by atoms with Crippen molar-refractivity contribution in [2.75, 3.05) is 33.1 Å². The zero-order chi connectivity index (χ0) is 31.9. The van der Waals surface area contributed by atoms with Gasteiger partial charge < -0.3 is 30.9 Å². The third-order valence-electron chi connectivity index (χ3n) is 9.79. The van der Waals surface area contributed by atoms with Crippen LogP contribution in [0.4, 0.5) is 5.69 Å². The second-order valence-electron chi connectivity index (χ2n) is 13.8. The molecule has 5 rings (SSSR count). The van der Waals surface area contributed by atoms with Crippen molar-refractivity contribution in [2.45, 2.75) is 56.8 Å². The minimum atomic E-state index is -2.69. The molecule has 0 aliphatic heterocycles. The Labute approximate surface area is 251 Å². The molecule has 2 saturated carbocycles. The maximum Gasteiger partial charge on any atom is 0.230 e. The summed E-state index contributed by atoms with van der Waals surface area (Å²) in [5.74, 6) is -9.10. The van der Waals surface area contributed by atoms with E-state index in [4.69, 9.17) is 5.73 Å². The first-order chi connectivity index (χ1) is 19.9. The zero-order valence-electron chi connectivity index (χ0n) is 25.7. The van der Waals surface area contributed by atoms with E-state index in [0.29, 0.717) is 11.1 Å². The van der Waals surface area contributed by atoms with Crippen LogP contribution >= 0.6 is 0 Å². The number of ketones is 3. The summed E-state index contributed by atoms with van der Waals surface area (Å²) in [6.07, 6.45) is -1.24. The monoisotopic (exact) mass is 591 g/mol. The van der Waals surface area contributed by atoms with Gasteiger partial charge in [0.05, 0.1) is 17.6 Å². The average molecular weight is 592 g/mol. The number of primary amides is 1. The molecule has 2 aromatic rings. The fourth-order valence-electron chi connectivity index (χ4n) is 7.66. The lowest BCUT2D eigenvalue weighted by atomic mass is 9.51. The molecule has 2 fully saturated rings. The van der Waals surface area contributed by atoms with E-state index in [1.165, 1.54) is 0 Å². The number of likely N-dealkylation sites (N-methyl/N-ethyl adjacent to an activating group) is 1. The van der Waals surface area contributed by atoms with Crippen LogP contribution < -0.4 is 10.6 Å². The minimum Gasteiger partial charge on any atom is -0.507 e. The number of nitrogens with zero attached hydrogens (tertiary/aromatic N) is 2. The number of hydrogen-bond acceptors (Lipinski definition) is 9. The number of phenols is 1. The van der Waals surface area contributed by atoms with Crippen LogP contribution in [0.1, 0.15) is 48.7 Å². The van der Waals surface area contributed by atoms with Crippen LogP contribution in [0.15, 0.2) is 30.3 Å². The molecule has 230 valence electrons. The van der Waals surface area contributed by atoms with Crippen LogP contribution in [0.25, 0.3) is 11.1 Å². The molecule has 2 aromatic carbocycles. The normalized spacial score (nSPS) is 30.5. The Kier molecular flexibility index (Phi) is 7.35. The van der Waals surface area contributed by atoms with E-state index in [1.54, 1.807) is 19.0 Å². The molecule has 1 amide bonds. The van der Waals surface area contributed by atoms with E-state index in [2.05, 4.69) is 0 Å². The Balaban J connectivity index is 1.71. The molecule has 0 aromatic heterocycles. The number of carbonyl (C=O) groups excluding carboxylic acids is 4. The van der Waals surface area contributed by atoms with E-state index >= 15 is 0 Å². The van der Waals surface area contributed by atoms with Gasteiger partial charge in [-0.1, -0.05) is 32.9 Å². The number of Topliss-reactive ketones (excluding diaryl/α,β-unsaturated/α-hetero) is 3. The lowest BCUT2D eigenvalue weighted by Gasteiger charge is -2.55. The van der Waals surface area contributed by atoms with Crippen LogP contribution in [0.5, 0.6) is 5.75 Å². The molecule has 7 atom stereocenters. The van der Waals surface area contributed by atoms with Crippen LogP contribution in [-0.4, -0.2) is 89.4 Å². The molecule has 5 N–H and O–H groups in total. The third kappa shape index (κ3) is 4.49. The van der Waals surface area contributed by atoms with Crippen molar-refractivity contribution in [2.24, 2.45) is 29.4 Å². The Morgan fingerprint density at radius 1 is 1.02 bits per heavy atom. The molecule has 43 heavy (non-hydrogen) atoms. The number of rotatable bonds is 4. The summed E-state index contributed by atoms with van der Waals surface area (Å²) < 4.78 is 0. The minimum absolute atomic E-state index is 0.0228. The van der Waals surface area contributed by atoms with E-state index in [1.807, 2.05) is 70.1 Å². The predicted molar refractivity (Wildman–Crippen MR) is 161 cm³/mol. The fraction of sp³-hybridized carbons (Fsp3) is 0.515. The highest BCUT2D eigenvalue weighted by Gasteiger charge is 2.69. The number of hydrogen-bond donors (Lipinski definition) is 4. The van der Waals surface area contributed by atoms with Crippen molar-refractivity contribution in [3.63, 3.8) is 0 Å². The molecule has 10 nitrogen and oxygen atoms in total. The SMILES string of the molecule is CN(C)c1ccc(-c2cc(C(C)(C)C)c(O)c3c2C[C@@H]2C[C@@H]4[C@@H](N(C)C)C(O)C(C(N)=O)C(=O)[C@]4(O)C(=O)C2C3=O)cc1. The maximum atomic E-state index is 14.3. The number of anilines is 1. The van der Waals surface area contributed by atoms with Gasteiger partial charge in [-0.05, 0) is 73.2 Å². The standard InChI is InChI=1S/C33H41N3O7/c1-32(2,3)21-14-18(15-8-10-17(11-9-15)35(4)5)19-12-16-13-20-25(36(6)7)28(39)24(31(34)42)30(41)33(20,43)29(40)22(16)27(38)23(19)26(21)37/h8-11,14,16,20,22,24-25,28,37,39,43H,12-13H2,1-7H3,(H2,34,42)/t16-,20-,22?,24?,25-,28?,33-/m1/s1. The van der Waals surface area contributed by atoms with Crippen molar-refractivity contribution in [1.29, 1.82) is 0 Å². The molecule has 0 radical (unpaired) electrons. The lowest BCUT2D eigenvalue weighted by Crippen LogP contribution is -2.75. The number of aliphatic hydroxyl groups is 2. The Morgan fingerprint density at radius 2 is 1.63 bits per heavy atom. The molecular formula is C33H41N3O7. The first-order valence-electron chi connectivity index (χ1n) is 14.6. The Bertz CT molecular complexity index is 1520. The van der Waals surface area contributed by atoms with Gasteiger partial charge in [-0.3, -0.25) is 19.2 Å². The summed E-state index contributed by atoms with van der Waals surface area (Å²) in [7, 11) is 7.13. The first-order valence-corrected chi connectivity index (χ1v) is 14.6. The van der Waals surface area contributed by atoms with Gasteiger partial charge in [0.1, 0.15) is 11.7 Å². The number of carbonyl (C=O) groups is 4. The zero-order valence-corrected chi connectivity index (χ0v) is 25.7. The lowest BCUT2D eigenvalue weighted by molar-refractivity contribution is -0.190. The van der Waals surface area contributed by atoms with Gasteiger partial charge in [0.25, 0.3) is 0 Å². The molecule has 3 aliphatic rings. The molecule has 0 spiro atoms. The largest absolute Gasteiger partial charge is 0.507 e. The smallest absolute Gasteiger partial charge is 0.230 e. The van der Waals surface area contributed by atoms with Crippen molar-refractivity contribution in [1.82, 2.24) is 4.90 Å². The van der Waals surface area contributed by atoms with E-state index in [9.17, 15) is 34.5 Å². The van der Waals surface area contributed by atoms with Crippen molar-refractivity contribution in [3.8, 4) is 16.9 Å². The fourth-order valence-corrected chi connectivity index (χ4v) is 7.66. The second-order valence-corrected chi connectivity index (χ2v) is 13.8. The average Bonchev–Trinajstić information content (AvgIpc) is 2.90. The Morgan fingerprint density at radius 3 is 2.14 bits per heavy atom. The number of nitrogens with two attached hydrogens (primary N) is 1. The van der Waals surface area contributed by atoms with E-state index < -0.39 is 70.1 Å². The Hall–Kier alpha value is -3.60. The molecule has 3 unspecified atom stereocenters. The molecule has 10 heteroatoms. The summed E-state index contributed by atoms with van der Waals surface area (Å²) in [4.78, 5) is 58.0. The number of phenolic OH excluding ortho intramolecular Hbond substituents is 1. The van der Waals surface area contributed by atoms with Crippen LogP contribution in [0, 0.1) is 23.7 Å². The van der Waals surface area contributed by atoms with Gasteiger partial charge in [-0.15, -0.1) is 0 Å². The molecular weight excluding hydrogens is 550 g/mol. The predicted octanol–water partition coefficient (Wildman–Crippen LogP) is 1.69. The molecule has 0 heterocycles. The van der Waals surface area contributed by atoms with Gasteiger partial charge >= 0.3 is 0 Å².